The van der Waals surface area contributed by atoms with Crippen LogP contribution < -0.4 is 5.32 Å². The van der Waals surface area contributed by atoms with Gasteiger partial charge in [0.2, 0.25) is 0 Å². The largest absolute Gasteiger partial charge is 0.322 e. The first-order valence-electron chi connectivity index (χ1n) is 10.7. The van der Waals surface area contributed by atoms with Gasteiger partial charge in [0.15, 0.2) is 5.78 Å². The molecular weight excluding hydrogens is 442 g/mol. The van der Waals surface area contributed by atoms with Crippen molar-refractivity contribution >= 4 is 28.7 Å². The van der Waals surface area contributed by atoms with E-state index in [2.05, 4.69) is 10.3 Å². The number of nitrogens with one attached hydrogen (secondary N) is 1. The number of amides is 1. The van der Waals surface area contributed by atoms with Crippen molar-refractivity contribution < 1.29 is 9.59 Å². The predicted octanol–water partition coefficient (Wildman–Crippen LogP) is 6.36. The summed E-state index contributed by atoms with van der Waals surface area (Å²) in [5.41, 5.74) is 4.59. The number of thiazole rings is 1. The lowest BCUT2D eigenvalue weighted by Gasteiger charge is -2.10. The third-order valence-electron chi connectivity index (χ3n) is 5.30. The summed E-state index contributed by atoms with van der Waals surface area (Å²) in [5.74, 6) is -0.529. The number of pyridine rings is 1. The van der Waals surface area contributed by atoms with E-state index in [4.69, 9.17) is 4.98 Å². The summed E-state index contributed by atoms with van der Waals surface area (Å²) in [6, 6.07) is 27.2. The lowest BCUT2D eigenvalue weighted by atomic mass is 9.98. The number of anilines is 1. The number of hydrogen-bond acceptors (Lipinski definition) is 5. The number of hydrogen-bond donors (Lipinski definition) is 1. The van der Waals surface area contributed by atoms with E-state index in [1.54, 1.807) is 72.3 Å². The van der Waals surface area contributed by atoms with Crippen LogP contribution in [0.3, 0.4) is 0 Å². The van der Waals surface area contributed by atoms with E-state index in [1.165, 1.54) is 0 Å². The Morgan fingerprint density at radius 1 is 0.735 bits per heavy atom. The molecule has 0 aliphatic carbocycles. The molecule has 3 aromatic carbocycles. The van der Waals surface area contributed by atoms with Gasteiger partial charge in [-0.15, -0.1) is 11.3 Å². The van der Waals surface area contributed by atoms with Crippen molar-refractivity contribution in [1.82, 2.24) is 9.97 Å². The van der Waals surface area contributed by atoms with E-state index in [1.807, 2.05) is 47.8 Å². The number of ketones is 1. The van der Waals surface area contributed by atoms with Crippen LogP contribution in [0.1, 0.15) is 26.3 Å². The minimum Gasteiger partial charge on any atom is -0.322 e. The highest BCUT2D eigenvalue weighted by atomic mass is 32.1. The lowest BCUT2D eigenvalue weighted by Crippen LogP contribution is -2.17. The quantitative estimate of drug-likeness (QED) is 0.299. The molecule has 0 aliphatic rings. The number of benzene rings is 3. The first-order valence-corrected chi connectivity index (χ1v) is 11.5. The van der Waals surface area contributed by atoms with E-state index in [0.29, 0.717) is 22.4 Å². The summed E-state index contributed by atoms with van der Waals surface area (Å²) in [4.78, 5) is 34.9. The molecule has 0 fully saturated rings. The third-order valence-corrected chi connectivity index (χ3v) is 6.19. The van der Waals surface area contributed by atoms with Gasteiger partial charge >= 0.3 is 0 Å². The predicted molar refractivity (Wildman–Crippen MR) is 135 cm³/mol. The zero-order chi connectivity index (χ0) is 23.3. The number of carbonyl (C=O) groups is 2. The fourth-order valence-electron chi connectivity index (χ4n) is 3.61. The van der Waals surface area contributed by atoms with Gasteiger partial charge in [-0.05, 0) is 30.3 Å². The normalized spacial score (nSPS) is 10.6. The van der Waals surface area contributed by atoms with Gasteiger partial charge in [0.05, 0.1) is 11.3 Å². The molecule has 0 radical (unpaired) electrons. The summed E-state index contributed by atoms with van der Waals surface area (Å²) >= 11 is 1.55. The molecular formula is C28H19N3O2S. The van der Waals surface area contributed by atoms with E-state index in [0.717, 1.165) is 21.8 Å². The van der Waals surface area contributed by atoms with Crippen LogP contribution in [0.15, 0.2) is 109 Å². The maximum absolute atomic E-state index is 13.1. The Balaban J connectivity index is 1.39. The van der Waals surface area contributed by atoms with E-state index < -0.39 is 0 Å². The summed E-state index contributed by atoms with van der Waals surface area (Å²) < 4.78 is 0. The monoisotopic (exact) mass is 461 g/mol. The Hall–Kier alpha value is -4.42. The summed E-state index contributed by atoms with van der Waals surface area (Å²) in [6.07, 6.45) is 3.49. The van der Waals surface area contributed by atoms with E-state index in [9.17, 15) is 9.59 Å². The molecule has 0 bridgehead atoms. The molecule has 164 valence electrons. The number of nitrogens with zero attached hydrogens (tertiary/aromatic N) is 2. The molecule has 5 aromatic rings. The lowest BCUT2D eigenvalue weighted by molar-refractivity contribution is 0.0996. The van der Waals surface area contributed by atoms with Crippen LogP contribution in [0.5, 0.6) is 0 Å². The van der Waals surface area contributed by atoms with Gasteiger partial charge < -0.3 is 5.32 Å². The summed E-state index contributed by atoms with van der Waals surface area (Å²) in [7, 11) is 0. The smallest absolute Gasteiger partial charge is 0.256 e. The average molecular weight is 462 g/mol. The molecule has 1 amide bonds. The van der Waals surface area contributed by atoms with Gasteiger partial charge in [0.25, 0.3) is 5.91 Å². The van der Waals surface area contributed by atoms with Crippen molar-refractivity contribution in [2.45, 2.75) is 0 Å². The second-order valence-electron chi connectivity index (χ2n) is 7.55. The second kappa shape index (κ2) is 9.60. The highest BCUT2D eigenvalue weighted by Crippen LogP contribution is 2.30. The maximum Gasteiger partial charge on any atom is 0.256 e. The average Bonchev–Trinajstić information content (AvgIpc) is 3.40. The zero-order valence-corrected chi connectivity index (χ0v) is 18.8. The van der Waals surface area contributed by atoms with E-state index in [-0.39, 0.29) is 11.7 Å². The molecule has 0 saturated carbocycles. The Morgan fingerprint density at radius 3 is 2.26 bits per heavy atom. The Kier molecular flexibility index (Phi) is 6.05. The highest BCUT2D eigenvalue weighted by molar-refractivity contribution is 7.13. The van der Waals surface area contributed by atoms with E-state index >= 15 is 0 Å². The van der Waals surface area contributed by atoms with Crippen molar-refractivity contribution in [3.05, 3.63) is 125 Å². The van der Waals surface area contributed by atoms with Gasteiger partial charge in [-0.25, -0.2) is 4.98 Å². The molecule has 0 unspecified atom stereocenters. The zero-order valence-electron chi connectivity index (χ0n) is 18.0. The first-order chi connectivity index (χ1) is 16.7. The molecule has 2 aromatic heterocycles. The molecule has 0 aliphatic heterocycles. The van der Waals surface area contributed by atoms with Crippen molar-refractivity contribution in [3.63, 3.8) is 0 Å². The number of carbonyl (C=O) groups excluding carboxylic acids is 2. The molecule has 6 heteroatoms. The van der Waals surface area contributed by atoms with Crippen molar-refractivity contribution in [3.8, 4) is 21.8 Å². The minimum absolute atomic E-state index is 0.189. The fourth-order valence-corrected chi connectivity index (χ4v) is 4.45. The number of rotatable bonds is 6. The van der Waals surface area contributed by atoms with Gasteiger partial charge in [-0.3, -0.25) is 14.6 Å². The van der Waals surface area contributed by atoms with Crippen LogP contribution in [-0.4, -0.2) is 21.7 Å². The molecule has 5 rings (SSSR count). The summed E-state index contributed by atoms with van der Waals surface area (Å²) in [5, 5.41) is 5.82. The topological polar surface area (TPSA) is 72.0 Å². The SMILES string of the molecule is O=C(Nc1cccc(-c2csc(-c3ccncc3)n2)c1)c1ccccc1C(=O)c1ccccc1. The number of aromatic nitrogens is 2. The van der Waals surface area contributed by atoms with Gasteiger partial charge in [-0.1, -0.05) is 60.7 Å². The van der Waals surface area contributed by atoms with Crippen molar-refractivity contribution in [1.29, 1.82) is 0 Å². The van der Waals surface area contributed by atoms with Crippen LogP contribution >= 0.6 is 11.3 Å². The molecule has 2 heterocycles. The maximum atomic E-state index is 13.1. The van der Waals surface area contributed by atoms with Gasteiger partial charge in [-0.2, -0.15) is 0 Å². The Bertz CT molecular complexity index is 1460. The highest BCUT2D eigenvalue weighted by Gasteiger charge is 2.18. The van der Waals surface area contributed by atoms with Gasteiger partial charge in [0, 0.05) is 45.7 Å². The molecule has 0 atom stereocenters. The molecule has 0 spiro atoms. The van der Waals surface area contributed by atoms with Crippen LogP contribution in [-0.2, 0) is 0 Å². The van der Waals surface area contributed by atoms with Crippen LogP contribution in [0.4, 0.5) is 5.69 Å². The van der Waals surface area contributed by atoms with Crippen molar-refractivity contribution in [2.75, 3.05) is 5.32 Å². The second-order valence-corrected chi connectivity index (χ2v) is 8.41. The first kappa shape index (κ1) is 21.4. The van der Waals surface area contributed by atoms with Crippen LogP contribution in [0.25, 0.3) is 21.8 Å². The molecule has 34 heavy (non-hydrogen) atoms. The Labute approximate surface area is 200 Å². The Morgan fingerprint density at radius 2 is 1.47 bits per heavy atom. The van der Waals surface area contributed by atoms with Crippen LogP contribution in [0, 0.1) is 0 Å². The fraction of sp³-hybridized carbons (Fsp3) is 0. The van der Waals surface area contributed by atoms with Crippen molar-refractivity contribution in [2.24, 2.45) is 0 Å². The third kappa shape index (κ3) is 4.53. The van der Waals surface area contributed by atoms with Gasteiger partial charge in [0.1, 0.15) is 5.01 Å². The molecule has 5 nitrogen and oxygen atoms in total. The minimum atomic E-state index is -0.340. The molecule has 1 N–H and O–H groups in total. The van der Waals surface area contributed by atoms with Crippen LogP contribution in [0.2, 0.25) is 0 Å². The standard InChI is InChI=1S/C28H19N3O2S/c32-26(19-7-2-1-3-8-19)23-11-4-5-12-24(23)27(33)30-22-10-6-9-21(17-22)25-18-34-28(31-25)20-13-15-29-16-14-20/h1-18H,(H,30,33). The summed E-state index contributed by atoms with van der Waals surface area (Å²) in [6.45, 7) is 0. The molecule has 0 saturated heterocycles.